The third kappa shape index (κ3) is 5.26. The average molecular weight is 431 g/mol. The number of fused-ring (bicyclic) bond motifs is 1. The minimum absolute atomic E-state index is 0.0526. The number of rotatable bonds is 4. The molecule has 172 valence electrons. The topological polar surface area (TPSA) is 57.3 Å². The molecular weight excluding hydrogens is 392 g/mol. The lowest BCUT2D eigenvalue weighted by Gasteiger charge is -2.46. The fraction of sp³-hybridized carbons (Fsp3) is 0.708. The van der Waals surface area contributed by atoms with Gasteiger partial charge in [0.25, 0.3) is 0 Å². The Bertz CT molecular complexity index is 750. The molecule has 0 radical (unpaired) electrons. The molecule has 1 aromatic carbocycles. The predicted molar refractivity (Wildman–Crippen MR) is 123 cm³/mol. The molecule has 7 heteroatoms. The van der Waals surface area contributed by atoms with E-state index in [-0.39, 0.29) is 12.1 Å². The zero-order valence-electron chi connectivity index (χ0n) is 19.3. The Morgan fingerprint density at radius 2 is 1.65 bits per heavy atom. The van der Waals surface area contributed by atoms with Crippen molar-refractivity contribution in [3.63, 3.8) is 0 Å². The van der Waals surface area contributed by atoms with E-state index >= 15 is 0 Å². The van der Waals surface area contributed by atoms with Crippen LogP contribution in [0.4, 0.5) is 10.5 Å². The number of nitrogens with one attached hydrogen (secondary N) is 1. The van der Waals surface area contributed by atoms with Crippen molar-refractivity contribution in [2.45, 2.75) is 63.1 Å². The number of nitrogens with zero attached hydrogens (tertiary/aromatic N) is 3. The van der Waals surface area contributed by atoms with E-state index in [2.05, 4.69) is 29.2 Å². The van der Waals surface area contributed by atoms with Crippen LogP contribution in [0.2, 0.25) is 0 Å². The third-order valence-electron chi connectivity index (χ3n) is 7.30. The van der Waals surface area contributed by atoms with Crippen molar-refractivity contribution in [3.05, 3.63) is 18.2 Å². The van der Waals surface area contributed by atoms with Gasteiger partial charge in [-0.15, -0.1) is 0 Å². The number of likely N-dealkylation sites (N-methyl/N-ethyl adjacent to an activating group) is 2. The van der Waals surface area contributed by atoms with Gasteiger partial charge in [-0.1, -0.05) is 12.8 Å². The molecule has 4 rings (SSSR count). The summed E-state index contributed by atoms with van der Waals surface area (Å²) in [6.45, 7) is 3.62. The summed E-state index contributed by atoms with van der Waals surface area (Å²) in [4.78, 5) is 20.1. The summed E-state index contributed by atoms with van der Waals surface area (Å²) in [5.41, 5.74) is 0.747. The fourth-order valence-corrected chi connectivity index (χ4v) is 5.29. The van der Waals surface area contributed by atoms with Crippen molar-refractivity contribution in [2.75, 3.05) is 52.8 Å². The smallest absolute Gasteiger partial charge is 0.321 e. The molecule has 2 heterocycles. The van der Waals surface area contributed by atoms with E-state index in [1.807, 2.05) is 30.1 Å². The first-order valence-electron chi connectivity index (χ1n) is 11.9. The number of anilines is 1. The standard InChI is InChI=1S/C24H38N4O3/c1-26-13-11-19(12-14-26)27(2)20-7-4-5-8-21(20)28(3)24(29)25-18-9-10-22-23(17-18)31-16-6-15-30-22/h9-10,17,19-21H,4-8,11-16H2,1-3H3,(H,25,29)/t20-,21+/m0/s1. The summed E-state index contributed by atoms with van der Waals surface area (Å²) in [5.74, 6) is 1.45. The number of ether oxygens (including phenoxy) is 2. The maximum Gasteiger partial charge on any atom is 0.321 e. The number of urea groups is 1. The summed E-state index contributed by atoms with van der Waals surface area (Å²) in [7, 11) is 6.43. The first-order valence-corrected chi connectivity index (χ1v) is 11.9. The summed E-state index contributed by atoms with van der Waals surface area (Å²) < 4.78 is 11.5. The average Bonchev–Trinajstić information content (AvgIpc) is 3.03. The van der Waals surface area contributed by atoms with Gasteiger partial charge >= 0.3 is 6.03 Å². The van der Waals surface area contributed by atoms with E-state index < -0.39 is 0 Å². The number of hydrogen-bond donors (Lipinski definition) is 1. The summed E-state index contributed by atoms with van der Waals surface area (Å²) >= 11 is 0. The molecule has 1 saturated carbocycles. The normalized spacial score (nSPS) is 25.2. The highest BCUT2D eigenvalue weighted by Gasteiger charge is 2.36. The quantitative estimate of drug-likeness (QED) is 0.790. The van der Waals surface area contributed by atoms with Crippen molar-refractivity contribution < 1.29 is 14.3 Å². The Balaban J connectivity index is 1.41. The van der Waals surface area contributed by atoms with Crippen LogP contribution in [0.15, 0.2) is 18.2 Å². The SMILES string of the molecule is CN1CCC(N(C)[C@H]2CCCC[C@H]2N(C)C(=O)Nc2ccc3c(c2)OCCCO3)CC1. The molecular formula is C24H38N4O3. The molecule has 31 heavy (non-hydrogen) atoms. The molecule has 3 aliphatic rings. The Hall–Kier alpha value is -1.99. The van der Waals surface area contributed by atoms with E-state index in [4.69, 9.17) is 9.47 Å². The molecule has 7 nitrogen and oxygen atoms in total. The first kappa shape index (κ1) is 22.2. The van der Waals surface area contributed by atoms with Crippen LogP contribution in [-0.2, 0) is 0 Å². The van der Waals surface area contributed by atoms with Gasteiger partial charge in [0.15, 0.2) is 11.5 Å². The molecule has 2 atom stereocenters. The molecule has 0 unspecified atom stereocenters. The van der Waals surface area contributed by atoms with E-state index in [1.54, 1.807) is 0 Å². The Morgan fingerprint density at radius 1 is 0.968 bits per heavy atom. The number of carbonyl (C=O) groups excluding carboxylic acids is 1. The van der Waals surface area contributed by atoms with Crippen LogP contribution in [-0.4, -0.2) is 86.3 Å². The van der Waals surface area contributed by atoms with Crippen molar-refractivity contribution in [2.24, 2.45) is 0 Å². The van der Waals surface area contributed by atoms with Gasteiger partial charge < -0.3 is 24.6 Å². The largest absolute Gasteiger partial charge is 0.490 e. The van der Waals surface area contributed by atoms with Gasteiger partial charge in [0.05, 0.1) is 13.2 Å². The zero-order chi connectivity index (χ0) is 21.8. The number of amides is 2. The second kappa shape index (κ2) is 10.1. The highest BCUT2D eigenvalue weighted by atomic mass is 16.5. The maximum absolute atomic E-state index is 13.2. The lowest BCUT2D eigenvalue weighted by molar-refractivity contribution is 0.0443. The molecule has 1 aromatic rings. The lowest BCUT2D eigenvalue weighted by atomic mass is 9.87. The van der Waals surface area contributed by atoms with Crippen LogP contribution in [0.25, 0.3) is 0 Å². The molecule has 0 bridgehead atoms. The minimum atomic E-state index is -0.0526. The van der Waals surface area contributed by atoms with Gasteiger partial charge in [-0.3, -0.25) is 4.90 Å². The molecule has 1 N–H and O–H groups in total. The van der Waals surface area contributed by atoms with Crippen molar-refractivity contribution in [1.29, 1.82) is 0 Å². The van der Waals surface area contributed by atoms with Crippen molar-refractivity contribution >= 4 is 11.7 Å². The highest BCUT2D eigenvalue weighted by Crippen LogP contribution is 2.33. The van der Waals surface area contributed by atoms with Crippen LogP contribution in [0.1, 0.15) is 44.9 Å². The van der Waals surface area contributed by atoms with E-state index in [0.29, 0.717) is 31.0 Å². The number of piperidine rings is 1. The van der Waals surface area contributed by atoms with Crippen LogP contribution in [0, 0.1) is 0 Å². The number of benzene rings is 1. The molecule has 0 aromatic heterocycles. The Labute approximate surface area is 186 Å². The molecule has 2 aliphatic heterocycles. The van der Waals surface area contributed by atoms with Crippen molar-refractivity contribution in [3.8, 4) is 11.5 Å². The van der Waals surface area contributed by atoms with E-state index in [0.717, 1.165) is 43.8 Å². The Kier molecular flexibility index (Phi) is 7.23. The van der Waals surface area contributed by atoms with Crippen LogP contribution in [0.5, 0.6) is 11.5 Å². The monoisotopic (exact) mass is 430 g/mol. The lowest BCUT2D eigenvalue weighted by Crippen LogP contribution is -2.57. The summed E-state index contributed by atoms with van der Waals surface area (Å²) in [6, 6.07) is 6.86. The third-order valence-corrected chi connectivity index (χ3v) is 7.30. The van der Waals surface area contributed by atoms with Gasteiger partial charge in [0.2, 0.25) is 0 Å². The minimum Gasteiger partial charge on any atom is -0.490 e. The van der Waals surface area contributed by atoms with E-state index in [1.165, 1.54) is 25.7 Å². The maximum atomic E-state index is 13.2. The van der Waals surface area contributed by atoms with Crippen LogP contribution < -0.4 is 14.8 Å². The van der Waals surface area contributed by atoms with Gasteiger partial charge in [-0.05, 0) is 65.0 Å². The van der Waals surface area contributed by atoms with Crippen LogP contribution in [0.3, 0.4) is 0 Å². The molecule has 0 spiro atoms. The zero-order valence-corrected chi connectivity index (χ0v) is 19.3. The first-order chi connectivity index (χ1) is 15.0. The van der Waals surface area contributed by atoms with Gasteiger partial charge in [0, 0.05) is 43.3 Å². The van der Waals surface area contributed by atoms with Crippen molar-refractivity contribution in [1.82, 2.24) is 14.7 Å². The fourth-order valence-electron chi connectivity index (χ4n) is 5.29. The second-order valence-corrected chi connectivity index (χ2v) is 9.37. The number of hydrogen-bond acceptors (Lipinski definition) is 5. The van der Waals surface area contributed by atoms with Gasteiger partial charge in [-0.2, -0.15) is 0 Å². The molecule has 2 fully saturated rings. The number of likely N-dealkylation sites (tertiary alicyclic amines) is 1. The summed E-state index contributed by atoms with van der Waals surface area (Å²) in [6.07, 6.45) is 7.95. The number of carbonyl (C=O) groups is 1. The molecule has 1 saturated heterocycles. The highest BCUT2D eigenvalue weighted by molar-refractivity contribution is 5.89. The summed E-state index contributed by atoms with van der Waals surface area (Å²) in [5, 5.41) is 3.08. The van der Waals surface area contributed by atoms with Crippen LogP contribution >= 0.6 is 0 Å². The second-order valence-electron chi connectivity index (χ2n) is 9.37. The van der Waals surface area contributed by atoms with Gasteiger partial charge in [0.1, 0.15) is 0 Å². The van der Waals surface area contributed by atoms with Gasteiger partial charge in [-0.25, -0.2) is 4.79 Å². The predicted octanol–water partition coefficient (Wildman–Crippen LogP) is 3.65. The van der Waals surface area contributed by atoms with E-state index in [9.17, 15) is 4.79 Å². The molecule has 1 aliphatic carbocycles. The molecule has 2 amide bonds. The Morgan fingerprint density at radius 3 is 2.39 bits per heavy atom.